The van der Waals surface area contributed by atoms with Gasteiger partial charge >= 0.3 is 11.9 Å². The molecule has 0 rings (SSSR count). The van der Waals surface area contributed by atoms with Crippen molar-refractivity contribution in [3.8, 4) is 0 Å². The number of carbonyl (C=O) groups excluding carboxylic acids is 2. The van der Waals surface area contributed by atoms with Crippen LogP contribution in [0.25, 0.3) is 0 Å². The quantitative estimate of drug-likeness (QED) is 0.0346. The molecule has 0 bridgehead atoms. The van der Waals surface area contributed by atoms with Crippen LogP contribution in [0.4, 0.5) is 0 Å². The molecule has 0 amide bonds. The number of unbranched alkanes of at least 4 members (excludes halogenated alkanes) is 21. The van der Waals surface area contributed by atoms with Crippen LogP contribution < -0.4 is 0 Å². The van der Waals surface area contributed by atoms with Crippen LogP contribution in [0.15, 0.2) is 97.2 Å². The molecule has 0 aromatic rings. The zero-order valence-electron chi connectivity index (χ0n) is 42.0. The summed E-state index contributed by atoms with van der Waals surface area (Å²) >= 11 is 0. The van der Waals surface area contributed by atoms with Crippen molar-refractivity contribution in [3.63, 3.8) is 0 Å². The predicted octanol–water partition coefficient (Wildman–Crippen LogP) is 18.2. The van der Waals surface area contributed by atoms with E-state index >= 15 is 0 Å². The number of hydrogen-bond acceptors (Lipinski definition) is 5. The molecule has 0 N–H and O–H groups in total. The van der Waals surface area contributed by atoms with Crippen LogP contribution in [0.1, 0.15) is 239 Å². The summed E-state index contributed by atoms with van der Waals surface area (Å²) in [5.41, 5.74) is 0. The molecule has 0 saturated carbocycles. The van der Waals surface area contributed by atoms with E-state index in [1.165, 1.54) is 96.3 Å². The second-order valence-electron chi connectivity index (χ2n) is 17.4. The van der Waals surface area contributed by atoms with Crippen molar-refractivity contribution in [1.82, 2.24) is 0 Å². The van der Waals surface area contributed by atoms with Gasteiger partial charge in [0.05, 0.1) is 6.61 Å². The highest BCUT2D eigenvalue weighted by Gasteiger charge is 2.17. The minimum Gasteiger partial charge on any atom is -0.462 e. The van der Waals surface area contributed by atoms with Crippen LogP contribution in [0.3, 0.4) is 0 Å². The topological polar surface area (TPSA) is 61.8 Å². The highest BCUT2D eigenvalue weighted by molar-refractivity contribution is 5.70. The number of allylic oxidation sites excluding steroid dienone is 16. The molecule has 0 saturated heterocycles. The molecule has 0 aliphatic heterocycles. The van der Waals surface area contributed by atoms with E-state index in [0.29, 0.717) is 19.4 Å². The van der Waals surface area contributed by atoms with E-state index in [1.807, 2.05) is 0 Å². The van der Waals surface area contributed by atoms with Gasteiger partial charge in [0.2, 0.25) is 0 Å². The van der Waals surface area contributed by atoms with Crippen molar-refractivity contribution in [1.29, 1.82) is 0 Å². The Bertz CT molecular complexity index is 1230. The summed E-state index contributed by atoms with van der Waals surface area (Å²) in [5, 5.41) is 0. The molecule has 0 aromatic heterocycles. The molecule has 366 valence electrons. The lowest BCUT2D eigenvalue weighted by Gasteiger charge is -2.18. The van der Waals surface area contributed by atoms with Crippen LogP contribution in [0.5, 0.6) is 0 Å². The Kier molecular flexibility index (Phi) is 51.5. The van der Waals surface area contributed by atoms with Gasteiger partial charge in [-0.2, -0.15) is 0 Å². The van der Waals surface area contributed by atoms with Crippen molar-refractivity contribution >= 4 is 11.9 Å². The van der Waals surface area contributed by atoms with Gasteiger partial charge in [-0.05, 0) is 116 Å². The molecule has 0 spiro atoms. The molecule has 0 fully saturated rings. The first-order valence-corrected chi connectivity index (χ1v) is 26.8. The predicted molar refractivity (Wildman–Crippen MR) is 279 cm³/mol. The van der Waals surface area contributed by atoms with Crippen LogP contribution >= 0.6 is 0 Å². The third kappa shape index (κ3) is 51.5. The number of esters is 2. The first kappa shape index (κ1) is 60.8. The van der Waals surface area contributed by atoms with E-state index < -0.39 is 6.10 Å². The number of hydrogen-bond donors (Lipinski definition) is 0. The number of ether oxygens (including phenoxy) is 3. The Hall–Kier alpha value is -3.18. The van der Waals surface area contributed by atoms with Crippen LogP contribution in [0.2, 0.25) is 0 Å². The molecule has 64 heavy (non-hydrogen) atoms. The van der Waals surface area contributed by atoms with Crippen molar-refractivity contribution in [2.24, 2.45) is 0 Å². The van der Waals surface area contributed by atoms with E-state index in [4.69, 9.17) is 14.2 Å². The van der Waals surface area contributed by atoms with E-state index in [9.17, 15) is 9.59 Å². The van der Waals surface area contributed by atoms with Crippen LogP contribution in [-0.2, 0) is 23.8 Å². The SMILES string of the molecule is CC/C=C\C/C=C\C/C=C\CCCCCCCCCC(=O)OCC(COCCCCCC/C=C\C/C=C\C/C=C\CC)OC(=O)CCCCCCCCC/C=C\C/C=C\CCCCC. The first-order valence-electron chi connectivity index (χ1n) is 26.8. The number of carbonyl (C=O) groups is 2. The molecule has 0 heterocycles. The molecule has 0 radical (unpaired) electrons. The van der Waals surface area contributed by atoms with E-state index in [2.05, 4.69) is 118 Å². The largest absolute Gasteiger partial charge is 0.462 e. The first-order chi connectivity index (χ1) is 31.6. The van der Waals surface area contributed by atoms with Gasteiger partial charge < -0.3 is 14.2 Å². The van der Waals surface area contributed by atoms with Crippen molar-refractivity contribution in [2.45, 2.75) is 245 Å². The standard InChI is InChI=1S/C59H100O5/c1-4-7-10-13-16-19-22-25-28-30-32-34-37-40-43-46-49-52-58(60)63-56-57(55-62-54-51-48-45-42-39-36-27-24-21-18-15-12-9-6-3)64-59(61)53-50-47-44-41-38-35-33-31-29-26-23-20-17-14-11-8-5-2/h7,9-10,12,16-21,25-29,36,57H,4-6,8,11,13-15,22-24,30-35,37-56H2,1-3H3/b10-7-,12-9-,19-16-,20-17-,21-18-,28-25-,29-26-,36-27-. The zero-order valence-corrected chi connectivity index (χ0v) is 42.0. The summed E-state index contributed by atoms with van der Waals surface area (Å²) in [5.74, 6) is -0.432. The minimum absolute atomic E-state index is 0.0630. The maximum absolute atomic E-state index is 12.8. The average Bonchev–Trinajstić information content (AvgIpc) is 3.30. The van der Waals surface area contributed by atoms with Gasteiger partial charge in [-0.25, -0.2) is 0 Å². The van der Waals surface area contributed by atoms with Crippen molar-refractivity contribution in [2.75, 3.05) is 19.8 Å². The molecule has 0 aliphatic rings. The molecule has 5 heteroatoms. The summed E-state index contributed by atoms with van der Waals surface area (Å²) in [6.07, 6.45) is 72.7. The van der Waals surface area contributed by atoms with Crippen LogP contribution in [0, 0.1) is 0 Å². The highest BCUT2D eigenvalue weighted by Crippen LogP contribution is 2.14. The Balaban J connectivity index is 4.34. The summed E-state index contributed by atoms with van der Waals surface area (Å²) in [7, 11) is 0. The second-order valence-corrected chi connectivity index (χ2v) is 17.4. The Morgan fingerprint density at radius 2 is 0.703 bits per heavy atom. The maximum atomic E-state index is 12.8. The summed E-state index contributed by atoms with van der Waals surface area (Å²) in [6.45, 7) is 7.52. The van der Waals surface area contributed by atoms with Crippen molar-refractivity contribution < 1.29 is 23.8 Å². The zero-order chi connectivity index (χ0) is 46.3. The van der Waals surface area contributed by atoms with Gasteiger partial charge in [0, 0.05) is 19.4 Å². The average molecular weight is 889 g/mol. The third-order valence-electron chi connectivity index (χ3n) is 11.1. The third-order valence-corrected chi connectivity index (χ3v) is 11.1. The second kappa shape index (κ2) is 54.2. The van der Waals surface area contributed by atoms with Crippen LogP contribution in [-0.4, -0.2) is 37.9 Å². The fourth-order valence-electron chi connectivity index (χ4n) is 7.16. The Morgan fingerprint density at radius 1 is 0.359 bits per heavy atom. The summed E-state index contributed by atoms with van der Waals surface area (Å²) < 4.78 is 17.4. The normalized spacial score (nSPS) is 13.0. The highest BCUT2D eigenvalue weighted by atomic mass is 16.6. The Morgan fingerprint density at radius 3 is 1.12 bits per heavy atom. The fraction of sp³-hybridized carbons (Fsp3) is 0.695. The minimum atomic E-state index is -0.562. The molecule has 0 aromatic carbocycles. The maximum Gasteiger partial charge on any atom is 0.306 e. The lowest BCUT2D eigenvalue weighted by atomic mass is 10.1. The molecule has 1 atom stereocenters. The summed E-state index contributed by atoms with van der Waals surface area (Å²) in [6, 6.07) is 0. The lowest BCUT2D eigenvalue weighted by molar-refractivity contribution is -0.163. The molecule has 0 aliphatic carbocycles. The van der Waals surface area contributed by atoms with Gasteiger partial charge in [0.15, 0.2) is 6.10 Å². The van der Waals surface area contributed by atoms with Gasteiger partial charge in [-0.1, -0.05) is 208 Å². The monoisotopic (exact) mass is 889 g/mol. The molecular weight excluding hydrogens is 789 g/mol. The van der Waals surface area contributed by atoms with E-state index in [-0.39, 0.29) is 25.2 Å². The van der Waals surface area contributed by atoms with Crippen molar-refractivity contribution in [3.05, 3.63) is 97.2 Å². The fourth-order valence-corrected chi connectivity index (χ4v) is 7.16. The Labute approximate surface area is 396 Å². The van der Waals surface area contributed by atoms with Gasteiger partial charge in [0.25, 0.3) is 0 Å². The molecule has 1 unspecified atom stereocenters. The summed E-state index contributed by atoms with van der Waals surface area (Å²) in [4.78, 5) is 25.5. The van der Waals surface area contributed by atoms with E-state index in [0.717, 1.165) is 109 Å². The molecule has 5 nitrogen and oxygen atoms in total. The smallest absolute Gasteiger partial charge is 0.306 e. The molecular formula is C59H100O5. The number of rotatable bonds is 48. The van der Waals surface area contributed by atoms with Gasteiger partial charge in [0.1, 0.15) is 6.61 Å². The lowest BCUT2D eigenvalue weighted by Crippen LogP contribution is -2.30. The van der Waals surface area contributed by atoms with Gasteiger partial charge in [-0.3, -0.25) is 9.59 Å². The van der Waals surface area contributed by atoms with E-state index in [1.54, 1.807) is 0 Å². The van der Waals surface area contributed by atoms with Gasteiger partial charge in [-0.15, -0.1) is 0 Å².